The van der Waals surface area contributed by atoms with Crippen LogP contribution in [0.25, 0.3) is 0 Å². The zero-order valence-electron chi connectivity index (χ0n) is 14.2. The number of ether oxygens (including phenoxy) is 1. The molecule has 1 aliphatic rings. The summed E-state index contributed by atoms with van der Waals surface area (Å²) in [5.74, 6) is 0.00657. The molecule has 0 N–H and O–H groups in total. The van der Waals surface area contributed by atoms with Crippen molar-refractivity contribution in [2.24, 2.45) is 5.41 Å². The minimum Gasteiger partial charge on any atom is -0.465 e. The molecule has 1 fully saturated rings. The Morgan fingerprint density at radius 2 is 1.81 bits per heavy atom. The maximum Gasteiger partial charge on any atom is 0.311 e. The molecule has 0 spiro atoms. The van der Waals surface area contributed by atoms with E-state index < -0.39 is 0 Å². The molecular weight excluding hydrogens is 286 g/mol. The minimum absolute atomic E-state index is 0. The van der Waals surface area contributed by atoms with Gasteiger partial charge >= 0.3 is 5.97 Å². The molecule has 0 radical (unpaired) electrons. The fourth-order valence-electron chi connectivity index (χ4n) is 2.80. The first-order valence-electron chi connectivity index (χ1n) is 8.52. The van der Waals surface area contributed by atoms with Crippen LogP contribution in [0.1, 0.15) is 72.1 Å². The molecule has 0 bridgehead atoms. The van der Waals surface area contributed by atoms with Gasteiger partial charge in [-0.3, -0.25) is 4.79 Å². The van der Waals surface area contributed by atoms with Gasteiger partial charge < -0.3 is 9.64 Å². The van der Waals surface area contributed by atoms with E-state index in [9.17, 15) is 4.79 Å². The summed E-state index contributed by atoms with van der Waals surface area (Å²) in [4.78, 5) is 14.7. The number of likely N-dealkylation sites (tertiary alicyclic amines) is 1. The Labute approximate surface area is 137 Å². The third-order valence-corrected chi connectivity index (χ3v) is 4.66. The molecule has 1 unspecified atom stereocenters. The molecule has 126 valence electrons. The smallest absolute Gasteiger partial charge is 0.311 e. The van der Waals surface area contributed by atoms with Crippen LogP contribution in [0.15, 0.2) is 0 Å². The van der Waals surface area contributed by atoms with Gasteiger partial charge in [-0.2, -0.15) is 0 Å². The van der Waals surface area contributed by atoms with Crippen molar-refractivity contribution < 1.29 is 9.53 Å². The second kappa shape index (κ2) is 11.3. The highest BCUT2D eigenvalue weighted by Crippen LogP contribution is 2.29. The predicted octanol–water partition coefficient (Wildman–Crippen LogP) is 4.43. The molecule has 0 aromatic heterocycles. The van der Waals surface area contributed by atoms with E-state index in [2.05, 4.69) is 25.7 Å². The Morgan fingerprint density at radius 3 is 2.38 bits per heavy atom. The highest BCUT2D eigenvalue weighted by Gasteiger charge is 2.32. The predicted molar refractivity (Wildman–Crippen MR) is 91.0 cm³/mol. The van der Waals surface area contributed by atoms with Gasteiger partial charge in [0, 0.05) is 6.54 Å². The lowest BCUT2D eigenvalue weighted by Gasteiger charge is -2.27. The van der Waals surface area contributed by atoms with Crippen LogP contribution in [-0.4, -0.2) is 37.1 Å². The zero-order valence-corrected chi connectivity index (χ0v) is 15.0. The number of nitrogens with zero attached hydrogens (tertiary/aromatic N) is 1. The van der Waals surface area contributed by atoms with Crippen molar-refractivity contribution >= 4 is 18.4 Å². The highest BCUT2D eigenvalue weighted by atomic mass is 35.5. The first-order chi connectivity index (χ1) is 9.62. The minimum atomic E-state index is -0.277. The van der Waals surface area contributed by atoms with Crippen LogP contribution in [0, 0.1) is 5.41 Å². The monoisotopic (exact) mass is 319 g/mol. The van der Waals surface area contributed by atoms with Crippen LogP contribution < -0.4 is 0 Å². The van der Waals surface area contributed by atoms with Gasteiger partial charge in [-0.15, -0.1) is 12.4 Å². The van der Waals surface area contributed by atoms with Crippen molar-refractivity contribution in [1.82, 2.24) is 4.90 Å². The molecule has 3 nitrogen and oxygen atoms in total. The first-order valence-corrected chi connectivity index (χ1v) is 8.52. The van der Waals surface area contributed by atoms with Gasteiger partial charge in [0.25, 0.3) is 0 Å². The summed E-state index contributed by atoms with van der Waals surface area (Å²) >= 11 is 0. The summed E-state index contributed by atoms with van der Waals surface area (Å²) in [5.41, 5.74) is -0.277. The third-order valence-electron chi connectivity index (χ3n) is 4.66. The Balaban J connectivity index is 0.00000400. The summed E-state index contributed by atoms with van der Waals surface area (Å²) in [6.07, 6.45) is 9.06. The van der Waals surface area contributed by atoms with E-state index in [1.54, 1.807) is 0 Å². The van der Waals surface area contributed by atoms with Crippen molar-refractivity contribution in [3.63, 3.8) is 0 Å². The lowest BCUT2D eigenvalue weighted by atomic mass is 9.82. The Bertz CT molecular complexity index is 280. The molecule has 0 amide bonds. The average molecular weight is 320 g/mol. The molecule has 0 aliphatic carbocycles. The number of esters is 1. The lowest BCUT2D eigenvalue weighted by Crippen LogP contribution is -2.32. The van der Waals surface area contributed by atoms with Gasteiger partial charge in [0.2, 0.25) is 0 Å². The Kier molecular flexibility index (Phi) is 11.2. The van der Waals surface area contributed by atoms with Gasteiger partial charge in [-0.1, -0.05) is 33.1 Å². The molecule has 0 aromatic carbocycles. The van der Waals surface area contributed by atoms with E-state index in [0.29, 0.717) is 6.61 Å². The molecule has 1 atom stereocenters. The number of carbonyl (C=O) groups is 1. The Hall–Kier alpha value is -0.280. The number of rotatable bonds is 9. The number of halogens is 1. The summed E-state index contributed by atoms with van der Waals surface area (Å²) in [6.45, 7) is 10.4. The number of hydrogen-bond acceptors (Lipinski definition) is 3. The van der Waals surface area contributed by atoms with E-state index in [4.69, 9.17) is 4.74 Å². The molecular formula is C17H34ClNO2. The molecule has 1 aliphatic heterocycles. The normalized spacial score (nSPS) is 18.6. The molecule has 0 saturated carbocycles. The first kappa shape index (κ1) is 20.7. The fourth-order valence-corrected chi connectivity index (χ4v) is 2.80. The summed E-state index contributed by atoms with van der Waals surface area (Å²) in [6, 6.07) is 0. The van der Waals surface area contributed by atoms with Gasteiger partial charge in [0.15, 0.2) is 0 Å². The van der Waals surface area contributed by atoms with Crippen molar-refractivity contribution in [1.29, 1.82) is 0 Å². The van der Waals surface area contributed by atoms with Crippen LogP contribution in [0.2, 0.25) is 0 Å². The van der Waals surface area contributed by atoms with E-state index in [0.717, 1.165) is 38.6 Å². The summed E-state index contributed by atoms with van der Waals surface area (Å²) in [5, 5.41) is 0. The summed E-state index contributed by atoms with van der Waals surface area (Å²) < 4.78 is 5.52. The van der Waals surface area contributed by atoms with Crippen LogP contribution in [-0.2, 0) is 9.53 Å². The van der Waals surface area contributed by atoms with Gasteiger partial charge in [0.1, 0.15) is 0 Å². The second-order valence-electron chi connectivity index (χ2n) is 6.41. The average Bonchev–Trinajstić information content (AvgIpc) is 2.50. The molecule has 1 rings (SSSR count). The van der Waals surface area contributed by atoms with E-state index in [1.807, 2.05) is 0 Å². The van der Waals surface area contributed by atoms with Crippen molar-refractivity contribution in [3.8, 4) is 0 Å². The van der Waals surface area contributed by atoms with Crippen LogP contribution in [0.3, 0.4) is 0 Å². The topological polar surface area (TPSA) is 29.5 Å². The van der Waals surface area contributed by atoms with Crippen LogP contribution in [0.5, 0.6) is 0 Å². The van der Waals surface area contributed by atoms with Crippen LogP contribution >= 0.6 is 12.4 Å². The van der Waals surface area contributed by atoms with E-state index in [-0.39, 0.29) is 23.8 Å². The van der Waals surface area contributed by atoms with Crippen molar-refractivity contribution in [2.75, 3.05) is 26.2 Å². The maximum absolute atomic E-state index is 12.2. The molecule has 1 heterocycles. The number of piperidine rings is 1. The highest BCUT2D eigenvalue weighted by molar-refractivity contribution is 5.85. The maximum atomic E-state index is 12.2. The quantitative estimate of drug-likeness (QED) is 0.465. The molecule has 1 saturated heterocycles. The number of carbonyl (C=O) groups excluding carboxylic acids is 1. The van der Waals surface area contributed by atoms with Crippen LogP contribution in [0.4, 0.5) is 0 Å². The Morgan fingerprint density at radius 1 is 1.14 bits per heavy atom. The van der Waals surface area contributed by atoms with Gasteiger partial charge in [0.05, 0.1) is 12.0 Å². The summed E-state index contributed by atoms with van der Waals surface area (Å²) in [7, 11) is 0. The van der Waals surface area contributed by atoms with Gasteiger partial charge in [-0.25, -0.2) is 0 Å². The standard InChI is InChI=1S/C17H33NO2.ClH/c1-4-6-11-17(3,5-2)16(19)20-15-10-14-18-12-8-7-9-13-18;/h4-15H2,1-3H3;1H. The largest absolute Gasteiger partial charge is 0.465 e. The zero-order chi connectivity index (χ0) is 14.8. The van der Waals surface area contributed by atoms with Gasteiger partial charge in [-0.05, 0) is 52.1 Å². The van der Waals surface area contributed by atoms with E-state index >= 15 is 0 Å². The number of hydrogen-bond donors (Lipinski definition) is 0. The lowest BCUT2D eigenvalue weighted by molar-refractivity contribution is -0.156. The molecule has 4 heteroatoms. The molecule has 21 heavy (non-hydrogen) atoms. The van der Waals surface area contributed by atoms with E-state index in [1.165, 1.54) is 32.4 Å². The third kappa shape index (κ3) is 7.51. The van der Waals surface area contributed by atoms with Crippen molar-refractivity contribution in [3.05, 3.63) is 0 Å². The SMILES string of the molecule is CCCCC(C)(CC)C(=O)OCCCN1CCCCC1.Cl. The second-order valence-corrected chi connectivity index (χ2v) is 6.41. The van der Waals surface area contributed by atoms with Crippen molar-refractivity contribution in [2.45, 2.75) is 72.1 Å². The fraction of sp³-hybridized carbons (Fsp3) is 0.941. The molecule has 0 aromatic rings. The number of unbranched alkanes of at least 4 members (excludes halogenated alkanes) is 1.